The van der Waals surface area contributed by atoms with Crippen molar-refractivity contribution in [2.24, 2.45) is 5.73 Å². The number of hydrogen-bond acceptors (Lipinski definition) is 2. The second-order valence-electron chi connectivity index (χ2n) is 3.40. The summed E-state index contributed by atoms with van der Waals surface area (Å²) >= 11 is 12.7. The van der Waals surface area contributed by atoms with Crippen molar-refractivity contribution >= 4 is 34.5 Å². The third-order valence-corrected chi connectivity index (χ3v) is 4.03. The standard InChI is InChI=1S/C11H7Cl2F2NS/c12-6-1-2-17-11(6)10(16)5-3-9(15)7(13)4-8(5)14/h1-4,10H,16H2. The lowest BCUT2D eigenvalue weighted by Crippen LogP contribution is -2.13. The Morgan fingerprint density at radius 1 is 1.12 bits per heavy atom. The van der Waals surface area contributed by atoms with Crippen LogP contribution in [0.2, 0.25) is 10.0 Å². The molecule has 2 N–H and O–H groups in total. The molecule has 0 aliphatic heterocycles. The molecule has 90 valence electrons. The van der Waals surface area contributed by atoms with Gasteiger partial charge in [0.15, 0.2) is 0 Å². The van der Waals surface area contributed by atoms with E-state index in [1.54, 1.807) is 11.4 Å². The van der Waals surface area contributed by atoms with E-state index in [0.29, 0.717) is 9.90 Å². The highest BCUT2D eigenvalue weighted by molar-refractivity contribution is 7.10. The molecule has 1 heterocycles. The number of nitrogens with two attached hydrogens (primary N) is 1. The van der Waals surface area contributed by atoms with Crippen LogP contribution in [0.3, 0.4) is 0 Å². The molecule has 0 aliphatic rings. The number of halogens is 4. The molecule has 1 aromatic heterocycles. The third kappa shape index (κ3) is 2.45. The molecule has 0 spiro atoms. The van der Waals surface area contributed by atoms with Crippen molar-refractivity contribution in [2.45, 2.75) is 6.04 Å². The van der Waals surface area contributed by atoms with Crippen molar-refractivity contribution in [1.82, 2.24) is 0 Å². The fraction of sp³-hybridized carbons (Fsp3) is 0.0909. The number of rotatable bonds is 2. The molecule has 1 atom stereocenters. The molecule has 0 amide bonds. The van der Waals surface area contributed by atoms with Gasteiger partial charge in [-0.25, -0.2) is 8.78 Å². The van der Waals surface area contributed by atoms with Crippen molar-refractivity contribution in [3.8, 4) is 0 Å². The largest absolute Gasteiger partial charge is 0.319 e. The van der Waals surface area contributed by atoms with Gasteiger partial charge in [0.1, 0.15) is 11.6 Å². The van der Waals surface area contributed by atoms with Crippen molar-refractivity contribution in [1.29, 1.82) is 0 Å². The van der Waals surface area contributed by atoms with Crippen LogP contribution in [0.5, 0.6) is 0 Å². The van der Waals surface area contributed by atoms with Gasteiger partial charge in [-0.3, -0.25) is 0 Å². The lowest BCUT2D eigenvalue weighted by Gasteiger charge is -2.12. The van der Waals surface area contributed by atoms with Crippen molar-refractivity contribution in [3.05, 3.63) is 55.7 Å². The third-order valence-electron chi connectivity index (χ3n) is 2.30. The monoisotopic (exact) mass is 293 g/mol. The molecule has 0 radical (unpaired) electrons. The Kier molecular flexibility index (Phi) is 3.68. The van der Waals surface area contributed by atoms with E-state index in [1.165, 1.54) is 11.3 Å². The summed E-state index contributed by atoms with van der Waals surface area (Å²) in [5, 5.41) is 1.91. The highest BCUT2D eigenvalue weighted by Gasteiger charge is 2.19. The Bertz CT molecular complexity index is 556. The van der Waals surface area contributed by atoms with E-state index in [1.807, 2.05) is 0 Å². The maximum absolute atomic E-state index is 13.6. The van der Waals surface area contributed by atoms with E-state index in [9.17, 15) is 8.78 Å². The highest BCUT2D eigenvalue weighted by Crippen LogP contribution is 2.33. The van der Waals surface area contributed by atoms with Gasteiger partial charge in [-0.1, -0.05) is 23.2 Å². The molecule has 0 saturated carbocycles. The van der Waals surface area contributed by atoms with Gasteiger partial charge in [-0.2, -0.15) is 0 Å². The summed E-state index contributed by atoms with van der Waals surface area (Å²) in [5.74, 6) is -1.35. The Balaban J connectivity index is 2.48. The molecule has 1 aromatic carbocycles. The van der Waals surface area contributed by atoms with Gasteiger partial charge in [0.05, 0.1) is 16.1 Å². The van der Waals surface area contributed by atoms with Crippen LogP contribution in [0.1, 0.15) is 16.5 Å². The quantitative estimate of drug-likeness (QED) is 0.817. The smallest absolute Gasteiger partial charge is 0.142 e. The van der Waals surface area contributed by atoms with Crippen LogP contribution in [0.15, 0.2) is 23.6 Å². The van der Waals surface area contributed by atoms with E-state index in [0.717, 1.165) is 12.1 Å². The average molecular weight is 294 g/mol. The van der Waals surface area contributed by atoms with Gasteiger partial charge in [-0.05, 0) is 23.6 Å². The molecule has 0 fully saturated rings. The van der Waals surface area contributed by atoms with Gasteiger partial charge < -0.3 is 5.73 Å². The predicted molar refractivity (Wildman–Crippen MR) is 66.7 cm³/mol. The van der Waals surface area contributed by atoms with E-state index in [-0.39, 0.29) is 10.6 Å². The first-order valence-electron chi connectivity index (χ1n) is 4.63. The highest BCUT2D eigenvalue weighted by atomic mass is 35.5. The molecule has 1 nitrogen and oxygen atoms in total. The molecule has 0 saturated heterocycles. The van der Waals surface area contributed by atoms with Gasteiger partial charge in [0, 0.05) is 10.4 Å². The van der Waals surface area contributed by atoms with Crippen molar-refractivity contribution in [2.75, 3.05) is 0 Å². The van der Waals surface area contributed by atoms with Gasteiger partial charge in [-0.15, -0.1) is 11.3 Å². The van der Waals surface area contributed by atoms with Crippen molar-refractivity contribution < 1.29 is 8.78 Å². The van der Waals surface area contributed by atoms with Gasteiger partial charge in [0.25, 0.3) is 0 Å². The summed E-state index contributed by atoms with van der Waals surface area (Å²) in [6.07, 6.45) is 0. The maximum Gasteiger partial charge on any atom is 0.142 e. The molecule has 6 heteroatoms. The first-order chi connectivity index (χ1) is 8.00. The van der Waals surface area contributed by atoms with E-state index in [4.69, 9.17) is 28.9 Å². The summed E-state index contributed by atoms with van der Waals surface area (Å²) in [4.78, 5) is 0.590. The van der Waals surface area contributed by atoms with E-state index >= 15 is 0 Å². The predicted octanol–water partition coefficient (Wildman–Crippen LogP) is 4.38. The normalized spacial score (nSPS) is 12.8. The van der Waals surface area contributed by atoms with Crippen LogP contribution in [0.4, 0.5) is 8.78 Å². The second-order valence-corrected chi connectivity index (χ2v) is 5.16. The second kappa shape index (κ2) is 4.90. The average Bonchev–Trinajstić information content (AvgIpc) is 2.69. The topological polar surface area (TPSA) is 26.0 Å². The number of benzene rings is 1. The Labute approximate surface area is 111 Å². The summed E-state index contributed by atoms with van der Waals surface area (Å²) < 4.78 is 26.9. The SMILES string of the molecule is NC(c1cc(F)c(Cl)cc1F)c1sccc1Cl. The fourth-order valence-corrected chi connectivity index (χ4v) is 2.79. The fourth-order valence-electron chi connectivity index (χ4n) is 1.44. The molecule has 17 heavy (non-hydrogen) atoms. The van der Waals surface area contributed by atoms with Gasteiger partial charge >= 0.3 is 0 Å². The van der Waals surface area contributed by atoms with Crippen LogP contribution >= 0.6 is 34.5 Å². The molecule has 0 aliphatic carbocycles. The molecular weight excluding hydrogens is 287 g/mol. The molecule has 2 aromatic rings. The van der Waals surface area contributed by atoms with Crippen LogP contribution in [0, 0.1) is 11.6 Å². The maximum atomic E-state index is 13.6. The lowest BCUT2D eigenvalue weighted by molar-refractivity contribution is 0.578. The zero-order valence-electron chi connectivity index (χ0n) is 8.38. The minimum absolute atomic E-state index is 0.0382. The summed E-state index contributed by atoms with van der Waals surface area (Å²) in [6, 6.07) is 2.77. The minimum atomic E-state index is -0.797. The summed E-state index contributed by atoms with van der Waals surface area (Å²) in [5.41, 5.74) is 5.90. The zero-order valence-corrected chi connectivity index (χ0v) is 10.7. The molecule has 0 bridgehead atoms. The Morgan fingerprint density at radius 3 is 2.41 bits per heavy atom. The Morgan fingerprint density at radius 2 is 1.82 bits per heavy atom. The van der Waals surface area contributed by atoms with Crippen LogP contribution in [-0.2, 0) is 0 Å². The van der Waals surface area contributed by atoms with Gasteiger partial charge in [0.2, 0.25) is 0 Å². The lowest BCUT2D eigenvalue weighted by atomic mass is 10.1. The summed E-state index contributed by atoms with van der Waals surface area (Å²) in [7, 11) is 0. The van der Waals surface area contributed by atoms with Crippen LogP contribution in [-0.4, -0.2) is 0 Å². The first kappa shape index (κ1) is 12.8. The van der Waals surface area contributed by atoms with Crippen molar-refractivity contribution in [3.63, 3.8) is 0 Å². The Hall–Kier alpha value is -0.680. The van der Waals surface area contributed by atoms with E-state index < -0.39 is 17.7 Å². The number of thiophene rings is 1. The molecule has 1 unspecified atom stereocenters. The first-order valence-corrected chi connectivity index (χ1v) is 6.27. The zero-order chi connectivity index (χ0) is 12.6. The molecule has 2 rings (SSSR count). The minimum Gasteiger partial charge on any atom is -0.319 e. The van der Waals surface area contributed by atoms with E-state index in [2.05, 4.69) is 0 Å². The van der Waals surface area contributed by atoms with Crippen LogP contribution in [0.25, 0.3) is 0 Å². The number of hydrogen-bond donors (Lipinski definition) is 1. The molecular formula is C11H7Cl2F2NS. The van der Waals surface area contributed by atoms with Crippen LogP contribution < -0.4 is 5.73 Å². The summed E-state index contributed by atoms with van der Waals surface area (Å²) in [6.45, 7) is 0.